The van der Waals surface area contributed by atoms with Crippen LogP contribution in [-0.4, -0.2) is 10.9 Å². The highest BCUT2D eigenvalue weighted by molar-refractivity contribution is 5.84. The van der Waals surface area contributed by atoms with Gasteiger partial charge in [0.2, 0.25) is 0 Å². The van der Waals surface area contributed by atoms with E-state index in [1.165, 1.54) is 5.56 Å². The summed E-state index contributed by atoms with van der Waals surface area (Å²) in [5, 5.41) is 10.4. The van der Waals surface area contributed by atoms with E-state index in [1.807, 2.05) is 31.2 Å². The summed E-state index contributed by atoms with van der Waals surface area (Å²) in [6.07, 6.45) is 1.91. The summed E-state index contributed by atoms with van der Waals surface area (Å²) in [4.78, 5) is 11.9. The maximum absolute atomic E-state index is 11.9. The second-order valence-corrected chi connectivity index (χ2v) is 5.05. The lowest BCUT2D eigenvalue weighted by molar-refractivity contribution is -0.124. The SMILES string of the molecule is CC[C@H]1CCC(=O)[C@@H]1[C@@H](O)c1ccc(C)cc1. The van der Waals surface area contributed by atoms with Crippen molar-refractivity contribution in [2.75, 3.05) is 0 Å². The summed E-state index contributed by atoms with van der Waals surface area (Å²) >= 11 is 0. The lowest BCUT2D eigenvalue weighted by atomic mass is 9.85. The Hall–Kier alpha value is -1.15. The van der Waals surface area contributed by atoms with Gasteiger partial charge in [-0.2, -0.15) is 0 Å². The summed E-state index contributed by atoms with van der Waals surface area (Å²) < 4.78 is 0. The predicted molar refractivity (Wildman–Crippen MR) is 67.7 cm³/mol. The zero-order valence-corrected chi connectivity index (χ0v) is 10.5. The summed E-state index contributed by atoms with van der Waals surface area (Å²) in [6.45, 7) is 4.11. The maximum atomic E-state index is 11.9. The number of benzene rings is 1. The highest BCUT2D eigenvalue weighted by Crippen LogP contribution is 2.39. The number of carbonyl (C=O) groups is 1. The lowest BCUT2D eigenvalue weighted by Crippen LogP contribution is -2.22. The van der Waals surface area contributed by atoms with Gasteiger partial charge < -0.3 is 5.11 Å². The van der Waals surface area contributed by atoms with Crippen molar-refractivity contribution in [1.29, 1.82) is 0 Å². The number of aliphatic hydroxyl groups is 1. The fourth-order valence-corrected chi connectivity index (χ4v) is 2.80. The van der Waals surface area contributed by atoms with Gasteiger partial charge in [-0.25, -0.2) is 0 Å². The molecule has 1 fully saturated rings. The second-order valence-electron chi connectivity index (χ2n) is 5.05. The van der Waals surface area contributed by atoms with Gasteiger partial charge in [0.15, 0.2) is 0 Å². The Labute approximate surface area is 103 Å². The van der Waals surface area contributed by atoms with E-state index in [0.29, 0.717) is 12.3 Å². The molecular formula is C15H20O2. The van der Waals surface area contributed by atoms with Crippen molar-refractivity contribution in [1.82, 2.24) is 0 Å². The highest BCUT2D eigenvalue weighted by atomic mass is 16.3. The van der Waals surface area contributed by atoms with Crippen LogP contribution in [0.5, 0.6) is 0 Å². The summed E-state index contributed by atoms with van der Waals surface area (Å²) in [5.74, 6) is 0.381. The van der Waals surface area contributed by atoms with Crippen LogP contribution in [0, 0.1) is 18.8 Å². The largest absolute Gasteiger partial charge is 0.388 e. The fourth-order valence-electron chi connectivity index (χ4n) is 2.80. The molecular weight excluding hydrogens is 212 g/mol. The molecule has 17 heavy (non-hydrogen) atoms. The molecule has 92 valence electrons. The Morgan fingerprint density at radius 3 is 2.59 bits per heavy atom. The molecule has 0 aromatic heterocycles. The van der Waals surface area contributed by atoms with E-state index in [4.69, 9.17) is 0 Å². The molecule has 0 heterocycles. The molecule has 2 rings (SSSR count). The van der Waals surface area contributed by atoms with Crippen LogP contribution in [0.1, 0.15) is 43.4 Å². The van der Waals surface area contributed by atoms with Crippen LogP contribution in [0.25, 0.3) is 0 Å². The number of aryl methyl sites for hydroxylation is 1. The van der Waals surface area contributed by atoms with Crippen molar-refractivity contribution < 1.29 is 9.90 Å². The topological polar surface area (TPSA) is 37.3 Å². The van der Waals surface area contributed by atoms with Gasteiger partial charge in [-0.3, -0.25) is 4.79 Å². The molecule has 0 saturated heterocycles. The predicted octanol–water partition coefficient (Wildman–Crippen LogP) is 3.03. The normalized spacial score (nSPS) is 26.2. The average molecular weight is 232 g/mol. The van der Waals surface area contributed by atoms with Gasteiger partial charge in [0.1, 0.15) is 5.78 Å². The lowest BCUT2D eigenvalue weighted by Gasteiger charge is -2.23. The van der Waals surface area contributed by atoms with Crippen molar-refractivity contribution in [3.63, 3.8) is 0 Å². The first-order valence-corrected chi connectivity index (χ1v) is 6.40. The standard InChI is InChI=1S/C15H20O2/c1-3-11-8-9-13(16)14(11)15(17)12-6-4-10(2)5-7-12/h4-7,11,14-15,17H,3,8-9H2,1-2H3/t11-,14+,15-/m0/s1. The molecule has 2 nitrogen and oxygen atoms in total. The van der Waals surface area contributed by atoms with E-state index in [9.17, 15) is 9.90 Å². The number of rotatable bonds is 3. The number of carbonyl (C=O) groups excluding carboxylic acids is 1. The average Bonchev–Trinajstić information content (AvgIpc) is 2.70. The van der Waals surface area contributed by atoms with Crippen LogP contribution in [0.4, 0.5) is 0 Å². The number of Topliss-reactive ketones (excluding diaryl/α,β-unsaturated/α-hetero) is 1. The van der Waals surface area contributed by atoms with Gasteiger partial charge in [-0.1, -0.05) is 43.2 Å². The minimum absolute atomic E-state index is 0.192. The van der Waals surface area contributed by atoms with Crippen LogP contribution in [0.3, 0.4) is 0 Å². The molecule has 1 aromatic carbocycles. The number of hydrogen-bond acceptors (Lipinski definition) is 2. The Bertz CT molecular complexity index is 394. The molecule has 1 aromatic rings. The zero-order chi connectivity index (χ0) is 12.4. The van der Waals surface area contributed by atoms with Gasteiger partial charge in [0, 0.05) is 6.42 Å². The molecule has 0 radical (unpaired) electrons. The maximum Gasteiger partial charge on any atom is 0.139 e. The molecule has 3 atom stereocenters. The van der Waals surface area contributed by atoms with E-state index in [2.05, 4.69) is 6.92 Å². The molecule has 0 spiro atoms. The molecule has 1 aliphatic rings. The molecule has 0 unspecified atom stereocenters. The quantitative estimate of drug-likeness (QED) is 0.869. The van der Waals surface area contributed by atoms with E-state index in [0.717, 1.165) is 18.4 Å². The molecule has 1 aliphatic carbocycles. The third kappa shape index (κ3) is 2.42. The van der Waals surface area contributed by atoms with Gasteiger partial charge in [0.05, 0.1) is 12.0 Å². The summed E-state index contributed by atoms with van der Waals surface area (Å²) in [7, 11) is 0. The van der Waals surface area contributed by atoms with Crippen LogP contribution >= 0.6 is 0 Å². The van der Waals surface area contributed by atoms with E-state index < -0.39 is 6.10 Å². The van der Waals surface area contributed by atoms with Crippen LogP contribution in [0.2, 0.25) is 0 Å². The van der Waals surface area contributed by atoms with Crippen molar-refractivity contribution >= 4 is 5.78 Å². The molecule has 0 bridgehead atoms. The van der Waals surface area contributed by atoms with Crippen molar-refractivity contribution in [2.45, 2.75) is 39.2 Å². The van der Waals surface area contributed by atoms with Gasteiger partial charge in [-0.05, 0) is 24.8 Å². The third-order valence-corrected chi connectivity index (χ3v) is 3.92. The van der Waals surface area contributed by atoms with Crippen molar-refractivity contribution in [2.24, 2.45) is 11.8 Å². The minimum Gasteiger partial charge on any atom is -0.388 e. The van der Waals surface area contributed by atoms with E-state index >= 15 is 0 Å². The van der Waals surface area contributed by atoms with Gasteiger partial charge >= 0.3 is 0 Å². The molecule has 2 heteroatoms. The minimum atomic E-state index is -0.629. The van der Waals surface area contributed by atoms with Gasteiger partial charge in [-0.15, -0.1) is 0 Å². The van der Waals surface area contributed by atoms with Crippen molar-refractivity contribution in [3.8, 4) is 0 Å². The first-order valence-electron chi connectivity index (χ1n) is 6.40. The summed E-state index contributed by atoms with van der Waals surface area (Å²) in [5.41, 5.74) is 2.04. The number of hydrogen-bond donors (Lipinski definition) is 1. The highest BCUT2D eigenvalue weighted by Gasteiger charge is 2.38. The summed E-state index contributed by atoms with van der Waals surface area (Å²) in [6, 6.07) is 7.83. The van der Waals surface area contributed by atoms with E-state index in [1.54, 1.807) is 0 Å². The zero-order valence-electron chi connectivity index (χ0n) is 10.5. The second kappa shape index (κ2) is 5.01. The fraction of sp³-hybridized carbons (Fsp3) is 0.533. The number of aliphatic hydroxyl groups excluding tert-OH is 1. The Morgan fingerprint density at radius 2 is 2.00 bits per heavy atom. The van der Waals surface area contributed by atoms with Crippen LogP contribution in [0.15, 0.2) is 24.3 Å². The third-order valence-electron chi connectivity index (χ3n) is 3.92. The number of ketones is 1. The molecule has 0 aliphatic heterocycles. The van der Waals surface area contributed by atoms with Crippen LogP contribution in [-0.2, 0) is 4.79 Å². The first-order chi connectivity index (χ1) is 8.13. The monoisotopic (exact) mass is 232 g/mol. The molecule has 0 amide bonds. The molecule has 1 saturated carbocycles. The smallest absolute Gasteiger partial charge is 0.139 e. The Kier molecular flexibility index (Phi) is 3.63. The van der Waals surface area contributed by atoms with E-state index in [-0.39, 0.29) is 11.7 Å². The van der Waals surface area contributed by atoms with Gasteiger partial charge in [0.25, 0.3) is 0 Å². The molecule has 1 N–H and O–H groups in total. The Morgan fingerprint density at radius 1 is 1.35 bits per heavy atom. The van der Waals surface area contributed by atoms with Crippen LogP contribution < -0.4 is 0 Å². The van der Waals surface area contributed by atoms with Crippen molar-refractivity contribution in [3.05, 3.63) is 35.4 Å². The first kappa shape index (κ1) is 12.3. The Balaban J connectivity index is 2.21.